The molecule has 20 heavy (non-hydrogen) atoms. The van der Waals surface area contributed by atoms with Crippen LogP contribution in [-0.2, 0) is 9.53 Å². The minimum atomic E-state index is -0.974. The fourth-order valence-electron chi connectivity index (χ4n) is 2.97. The van der Waals surface area contributed by atoms with Crippen molar-refractivity contribution in [1.29, 1.82) is 0 Å². The number of likely N-dealkylation sites (N-methyl/N-ethyl adjacent to an activating group) is 1. The van der Waals surface area contributed by atoms with Crippen LogP contribution in [0, 0.1) is 0 Å². The molecule has 2 fully saturated rings. The molecule has 2 aliphatic rings. The number of carbonyl (C=O) groups is 2. The van der Waals surface area contributed by atoms with Gasteiger partial charge < -0.3 is 25.0 Å². The van der Waals surface area contributed by atoms with E-state index in [1.54, 1.807) is 7.11 Å². The topological polar surface area (TPSA) is 82.1 Å². The molecule has 2 heterocycles. The van der Waals surface area contributed by atoms with Crippen LogP contribution in [0.2, 0.25) is 0 Å². The van der Waals surface area contributed by atoms with Crippen LogP contribution in [-0.4, -0.2) is 78.9 Å². The Morgan fingerprint density at radius 1 is 1.45 bits per heavy atom. The van der Waals surface area contributed by atoms with Crippen molar-refractivity contribution >= 4 is 12.0 Å². The van der Waals surface area contributed by atoms with Gasteiger partial charge in [-0.25, -0.2) is 9.59 Å². The molecule has 0 spiro atoms. The first-order valence-corrected chi connectivity index (χ1v) is 7.03. The molecule has 114 valence electrons. The third-order valence-electron chi connectivity index (χ3n) is 4.30. The van der Waals surface area contributed by atoms with Gasteiger partial charge in [0.25, 0.3) is 0 Å². The molecular formula is C13H23N3O4. The molecule has 0 aromatic carbocycles. The van der Waals surface area contributed by atoms with Crippen molar-refractivity contribution in [2.75, 3.05) is 33.8 Å². The van der Waals surface area contributed by atoms with Crippen molar-refractivity contribution in [2.24, 2.45) is 0 Å². The zero-order valence-corrected chi connectivity index (χ0v) is 12.0. The second kappa shape index (κ2) is 6.41. The highest BCUT2D eigenvalue weighted by atomic mass is 16.5. The maximum Gasteiger partial charge on any atom is 0.326 e. The van der Waals surface area contributed by atoms with E-state index >= 15 is 0 Å². The van der Waals surface area contributed by atoms with Gasteiger partial charge in [-0.2, -0.15) is 0 Å². The van der Waals surface area contributed by atoms with Crippen LogP contribution in [0.5, 0.6) is 0 Å². The number of carbonyl (C=O) groups excluding carboxylic acids is 1. The largest absolute Gasteiger partial charge is 0.480 e. The Bertz CT molecular complexity index is 377. The van der Waals surface area contributed by atoms with E-state index in [2.05, 4.69) is 10.2 Å². The molecule has 7 nitrogen and oxygen atoms in total. The third-order valence-corrected chi connectivity index (χ3v) is 4.30. The summed E-state index contributed by atoms with van der Waals surface area (Å²) >= 11 is 0. The highest BCUT2D eigenvalue weighted by Crippen LogP contribution is 2.20. The number of nitrogens with zero attached hydrogens (tertiary/aromatic N) is 2. The number of methoxy groups -OCH3 is 1. The molecular weight excluding hydrogens is 262 g/mol. The number of urea groups is 1. The second-order valence-corrected chi connectivity index (χ2v) is 5.56. The molecule has 2 amide bonds. The van der Waals surface area contributed by atoms with Gasteiger partial charge in [-0.05, 0) is 26.4 Å². The van der Waals surface area contributed by atoms with Gasteiger partial charge in [0, 0.05) is 32.7 Å². The normalized spacial score (nSPS) is 30.7. The number of hydrogen-bond donors (Lipinski definition) is 2. The Labute approximate surface area is 118 Å². The average Bonchev–Trinajstić information content (AvgIpc) is 3.02. The second-order valence-electron chi connectivity index (χ2n) is 5.56. The van der Waals surface area contributed by atoms with Gasteiger partial charge in [0.2, 0.25) is 0 Å². The smallest absolute Gasteiger partial charge is 0.326 e. The van der Waals surface area contributed by atoms with E-state index in [4.69, 9.17) is 4.74 Å². The Balaban J connectivity index is 1.88. The molecule has 2 aliphatic heterocycles. The summed E-state index contributed by atoms with van der Waals surface area (Å²) in [5.74, 6) is -0.974. The maximum absolute atomic E-state index is 12.2. The number of amides is 2. The number of aliphatic carboxylic acids is 1. The zero-order valence-electron chi connectivity index (χ0n) is 12.0. The van der Waals surface area contributed by atoms with E-state index in [9.17, 15) is 14.7 Å². The molecule has 0 aromatic rings. The monoisotopic (exact) mass is 285 g/mol. The average molecular weight is 285 g/mol. The lowest BCUT2D eigenvalue weighted by molar-refractivity contribution is -0.141. The maximum atomic E-state index is 12.2. The zero-order chi connectivity index (χ0) is 14.7. The Kier molecular flexibility index (Phi) is 4.82. The summed E-state index contributed by atoms with van der Waals surface area (Å²) in [4.78, 5) is 27.0. The molecule has 3 unspecified atom stereocenters. The van der Waals surface area contributed by atoms with Crippen molar-refractivity contribution in [3.05, 3.63) is 0 Å². The summed E-state index contributed by atoms with van der Waals surface area (Å²) in [6, 6.07) is -0.749. The fraction of sp³-hybridized carbons (Fsp3) is 0.846. The van der Waals surface area contributed by atoms with Crippen LogP contribution >= 0.6 is 0 Å². The van der Waals surface area contributed by atoms with E-state index in [1.165, 1.54) is 4.90 Å². The van der Waals surface area contributed by atoms with E-state index < -0.39 is 12.0 Å². The summed E-state index contributed by atoms with van der Waals surface area (Å²) in [6.07, 6.45) is 2.36. The van der Waals surface area contributed by atoms with E-state index in [-0.39, 0.29) is 12.1 Å². The van der Waals surface area contributed by atoms with Crippen molar-refractivity contribution in [3.63, 3.8) is 0 Å². The van der Waals surface area contributed by atoms with Crippen LogP contribution in [0.25, 0.3) is 0 Å². The highest BCUT2D eigenvalue weighted by Gasteiger charge is 2.40. The standard InChI is InChI=1S/C13H23N3O4/c1-15-5-3-4-9(15)7-14-13(19)16-8-10(20-2)6-11(16)12(17)18/h9-11H,3-8H2,1-2H3,(H,14,19)(H,17,18). The van der Waals surface area contributed by atoms with Crippen molar-refractivity contribution in [2.45, 2.75) is 37.5 Å². The molecule has 7 heteroatoms. The summed E-state index contributed by atoms with van der Waals surface area (Å²) in [5.41, 5.74) is 0. The molecule has 0 bridgehead atoms. The van der Waals surface area contributed by atoms with Gasteiger partial charge in [0.15, 0.2) is 0 Å². The molecule has 0 aromatic heterocycles. The lowest BCUT2D eigenvalue weighted by atomic mass is 10.2. The summed E-state index contributed by atoms with van der Waals surface area (Å²) < 4.78 is 5.17. The van der Waals surface area contributed by atoms with Crippen molar-refractivity contribution < 1.29 is 19.4 Å². The molecule has 0 saturated carbocycles. The molecule has 2 saturated heterocycles. The Morgan fingerprint density at radius 2 is 2.20 bits per heavy atom. The Hall–Kier alpha value is -1.34. The third kappa shape index (κ3) is 3.21. The predicted octanol–water partition coefficient (Wildman–Crippen LogP) is -0.0359. The minimum Gasteiger partial charge on any atom is -0.480 e. The van der Waals surface area contributed by atoms with Crippen molar-refractivity contribution in [1.82, 2.24) is 15.1 Å². The molecule has 2 N–H and O–H groups in total. The lowest BCUT2D eigenvalue weighted by Crippen LogP contribution is -2.49. The molecule has 3 atom stereocenters. The SMILES string of the molecule is COC1CC(C(=O)O)N(C(=O)NCC2CCCN2C)C1. The van der Waals surface area contributed by atoms with E-state index in [0.717, 1.165) is 19.4 Å². The highest BCUT2D eigenvalue weighted by molar-refractivity contribution is 5.83. The number of hydrogen-bond acceptors (Lipinski definition) is 4. The van der Waals surface area contributed by atoms with E-state index in [1.807, 2.05) is 7.05 Å². The first-order chi connectivity index (χ1) is 9.52. The number of carboxylic acids is 1. The summed E-state index contributed by atoms with van der Waals surface area (Å²) in [6.45, 7) is 1.95. The number of ether oxygens (including phenoxy) is 1. The quantitative estimate of drug-likeness (QED) is 0.757. The minimum absolute atomic E-state index is 0.198. The van der Waals surface area contributed by atoms with E-state index in [0.29, 0.717) is 25.6 Å². The summed E-state index contributed by atoms with van der Waals surface area (Å²) in [7, 11) is 3.58. The van der Waals surface area contributed by atoms with Gasteiger partial charge in [-0.1, -0.05) is 0 Å². The van der Waals surface area contributed by atoms with Gasteiger partial charge >= 0.3 is 12.0 Å². The van der Waals surface area contributed by atoms with Gasteiger partial charge in [0.05, 0.1) is 6.10 Å². The molecule has 0 radical (unpaired) electrons. The first kappa shape index (κ1) is 15.1. The number of likely N-dealkylation sites (tertiary alicyclic amines) is 2. The van der Waals surface area contributed by atoms with Crippen molar-refractivity contribution in [3.8, 4) is 0 Å². The van der Waals surface area contributed by atoms with Crippen LogP contribution in [0.15, 0.2) is 0 Å². The molecule has 2 rings (SSSR count). The number of rotatable bonds is 4. The van der Waals surface area contributed by atoms with Gasteiger partial charge in [-0.15, -0.1) is 0 Å². The van der Waals surface area contributed by atoms with Gasteiger partial charge in [0.1, 0.15) is 6.04 Å². The summed E-state index contributed by atoms with van der Waals surface area (Å²) in [5, 5.41) is 12.0. The fourth-order valence-corrected chi connectivity index (χ4v) is 2.97. The predicted molar refractivity (Wildman–Crippen MR) is 72.6 cm³/mol. The number of carboxylic acid groups (broad SMARTS) is 1. The van der Waals surface area contributed by atoms with Crippen LogP contribution in [0.3, 0.4) is 0 Å². The Morgan fingerprint density at radius 3 is 2.75 bits per heavy atom. The number of nitrogens with one attached hydrogen (secondary N) is 1. The van der Waals surface area contributed by atoms with Crippen LogP contribution in [0.1, 0.15) is 19.3 Å². The molecule has 0 aliphatic carbocycles. The lowest BCUT2D eigenvalue weighted by Gasteiger charge is -2.24. The van der Waals surface area contributed by atoms with Crippen LogP contribution < -0.4 is 5.32 Å². The van der Waals surface area contributed by atoms with Crippen LogP contribution in [0.4, 0.5) is 4.79 Å². The van der Waals surface area contributed by atoms with Gasteiger partial charge in [-0.3, -0.25) is 0 Å². The first-order valence-electron chi connectivity index (χ1n) is 7.03.